The molecular weight excluding hydrogens is 234 g/mol. The van der Waals surface area contributed by atoms with E-state index in [0.717, 1.165) is 6.42 Å². The molecule has 76 valence electrons. The van der Waals surface area contributed by atoms with Crippen molar-refractivity contribution in [2.24, 2.45) is 5.92 Å². The fraction of sp³-hybridized carbons (Fsp3) is 0.625. The zero-order valence-electron chi connectivity index (χ0n) is 7.44. The lowest BCUT2D eigenvalue weighted by Crippen LogP contribution is -2.12. The molecule has 0 radical (unpaired) electrons. The van der Waals surface area contributed by atoms with E-state index in [2.05, 4.69) is 0 Å². The Bertz CT molecular complexity index is 209. The molecule has 0 N–H and O–H groups in total. The second-order valence-corrected chi connectivity index (χ2v) is 3.87. The van der Waals surface area contributed by atoms with E-state index in [9.17, 15) is 4.79 Å². The van der Waals surface area contributed by atoms with Crippen molar-refractivity contribution in [3.8, 4) is 0 Å². The van der Waals surface area contributed by atoms with Gasteiger partial charge in [-0.3, -0.25) is 4.79 Å². The highest BCUT2D eigenvalue weighted by atomic mass is 35.5. The summed E-state index contributed by atoms with van der Waals surface area (Å²) in [4.78, 5) is 10.5. The highest BCUT2D eigenvalue weighted by Gasteiger charge is 2.14. The van der Waals surface area contributed by atoms with Gasteiger partial charge < -0.3 is 4.74 Å². The third-order valence-corrected chi connectivity index (χ3v) is 2.62. The average molecular weight is 246 g/mol. The Morgan fingerprint density at radius 2 is 1.92 bits per heavy atom. The Kier molecular flexibility index (Phi) is 6.56. The van der Waals surface area contributed by atoms with Gasteiger partial charge in [0.25, 0.3) is 0 Å². The molecule has 0 aliphatic rings. The maximum atomic E-state index is 10.5. The van der Waals surface area contributed by atoms with Crippen molar-refractivity contribution >= 4 is 40.8 Å². The highest BCUT2D eigenvalue weighted by Crippen LogP contribution is 2.27. The summed E-state index contributed by atoms with van der Waals surface area (Å²) >= 11 is 16.8. The van der Waals surface area contributed by atoms with Crippen molar-refractivity contribution < 1.29 is 9.53 Å². The summed E-state index contributed by atoms with van der Waals surface area (Å²) in [5.41, 5.74) is 0. The smallest absolute Gasteiger partial charge is 0.302 e. The van der Waals surface area contributed by atoms with Crippen LogP contribution < -0.4 is 0 Å². The van der Waals surface area contributed by atoms with E-state index < -0.39 is 0 Å². The molecule has 0 aromatic carbocycles. The number of ether oxygens (including phenoxy) is 1. The van der Waals surface area contributed by atoms with Gasteiger partial charge >= 0.3 is 5.97 Å². The Morgan fingerprint density at radius 3 is 2.23 bits per heavy atom. The number of carbonyl (C=O) groups excluding carboxylic acids is 1. The first-order valence-corrected chi connectivity index (χ1v) is 4.96. The third kappa shape index (κ3) is 5.40. The Balaban J connectivity index is 4.19. The van der Waals surface area contributed by atoms with Crippen LogP contribution in [0.25, 0.3) is 0 Å². The third-order valence-electron chi connectivity index (χ3n) is 1.52. The van der Waals surface area contributed by atoms with E-state index in [1.54, 1.807) is 0 Å². The van der Waals surface area contributed by atoms with Gasteiger partial charge in [0.05, 0.1) is 11.6 Å². The Morgan fingerprint density at radius 1 is 1.38 bits per heavy atom. The molecule has 0 saturated heterocycles. The van der Waals surface area contributed by atoms with Gasteiger partial charge in [0, 0.05) is 12.8 Å². The summed E-state index contributed by atoms with van der Waals surface area (Å²) in [5.74, 6) is -0.454. The molecule has 0 aromatic rings. The van der Waals surface area contributed by atoms with Crippen LogP contribution in [0.5, 0.6) is 0 Å². The zero-order chi connectivity index (χ0) is 10.4. The molecule has 0 amide bonds. The lowest BCUT2D eigenvalue weighted by Gasteiger charge is -2.13. The van der Waals surface area contributed by atoms with Gasteiger partial charge in [0.15, 0.2) is 0 Å². The minimum Gasteiger partial charge on any atom is -0.465 e. The molecule has 0 heterocycles. The van der Waals surface area contributed by atoms with E-state index in [1.165, 1.54) is 6.92 Å². The first-order chi connectivity index (χ1) is 5.99. The van der Waals surface area contributed by atoms with Gasteiger partial charge in [0.2, 0.25) is 0 Å². The second-order valence-electron chi connectivity index (χ2n) is 2.52. The van der Waals surface area contributed by atoms with Crippen LogP contribution in [0.4, 0.5) is 0 Å². The van der Waals surface area contributed by atoms with E-state index in [-0.39, 0.29) is 23.0 Å². The van der Waals surface area contributed by atoms with Crippen LogP contribution in [0.15, 0.2) is 9.52 Å². The van der Waals surface area contributed by atoms with Gasteiger partial charge in [-0.15, -0.1) is 0 Å². The minimum atomic E-state index is -0.339. The van der Waals surface area contributed by atoms with Gasteiger partial charge in [-0.25, -0.2) is 0 Å². The maximum absolute atomic E-state index is 10.5. The summed E-state index contributed by atoms with van der Waals surface area (Å²) in [7, 11) is 0. The largest absolute Gasteiger partial charge is 0.465 e. The van der Waals surface area contributed by atoms with E-state index in [0.29, 0.717) is 5.03 Å². The van der Waals surface area contributed by atoms with Crippen LogP contribution in [0.2, 0.25) is 0 Å². The molecule has 0 spiro atoms. The number of halogens is 3. The number of rotatable bonds is 4. The van der Waals surface area contributed by atoms with Crippen molar-refractivity contribution in [3.63, 3.8) is 0 Å². The van der Waals surface area contributed by atoms with Crippen molar-refractivity contribution in [2.75, 3.05) is 6.61 Å². The van der Waals surface area contributed by atoms with Gasteiger partial charge in [-0.05, 0) is 6.42 Å². The van der Waals surface area contributed by atoms with Gasteiger partial charge in [-0.1, -0.05) is 41.7 Å². The molecule has 1 unspecified atom stereocenters. The van der Waals surface area contributed by atoms with E-state index in [1.807, 2.05) is 6.92 Å². The molecule has 0 fully saturated rings. The van der Waals surface area contributed by atoms with Crippen LogP contribution in [0.1, 0.15) is 20.3 Å². The van der Waals surface area contributed by atoms with Crippen LogP contribution in [-0.4, -0.2) is 12.6 Å². The molecular formula is C8H11Cl3O2. The molecule has 2 nitrogen and oxygen atoms in total. The fourth-order valence-corrected chi connectivity index (χ4v) is 1.27. The van der Waals surface area contributed by atoms with Crippen molar-refractivity contribution in [1.82, 2.24) is 0 Å². The average Bonchev–Trinajstić information content (AvgIpc) is 2.04. The monoisotopic (exact) mass is 244 g/mol. The fourth-order valence-electron chi connectivity index (χ4n) is 0.742. The number of hydrogen-bond acceptors (Lipinski definition) is 2. The minimum absolute atomic E-state index is 0.0284. The van der Waals surface area contributed by atoms with Gasteiger partial charge in [-0.2, -0.15) is 0 Å². The lowest BCUT2D eigenvalue weighted by molar-refractivity contribution is -0.141. The number of carbonyl (C=O) groups is 1. The quantitative estimate of drug-likeness (QED) is 0.709. The van der Waals surface area contributed by atoms with E-state index in [4.69, 9.17) is 39.5 Å². The highest BCUT2D eigenvalue weighted by molar-refractivity contribution is 6.59. The zero-order valence-corrected chi connectivity index (χ0v) is 9.71. The predicted octanol–water partition coefficient (Wildman–Crippen LogP) is 3.46. The molecule has 0 aliphatic heterocycles. The molecule has 0 aliphatic carbocycles. The molecule has 0 bridgehead atoms. The topological polar surface area (TPSA) is 26.3 Å². The molecule has 0 rings (SSSR count). The van der Waals surface area contributed by atoms with Gasteiger partial charge in [0.1, 0.15) is 4.49 Å². The SMILES string of the molecule is CCC(COC(C)=O)C(Cl)=C(Cl)Cl. The van der Waals surface area contributed by atoms with E-state index >= 15 is 0 Å². The Labute approximate surface area is 92.8 Å². The maximum Gasteiger partial charge on any atom is 0.302 e. The van der Waals surface area contributed by atoms with Crippen molar-refractivity contribution in [1.29, 1.82) is 0 Å². The summed E-state index contributed by atoms with van der Waals surface area (Å²) in [6.45, 7) is 3.47. The molecule has 0 aromatic heterocycles. The molecule has 13 heavy (non-hydrogen) atoms. The summed E-state index contributed by atoms with van der Waals surface area (Å²) in [6, 6.07) is 0. The molecule has 5 heteroatoms. The lowest BCUT2D eigenvalue weighted by atomic mass is 10.1. The molecule has 1 atom stereocenters. The normalized spacial score (nSPS) is 12.1. The standard InChI is InChI=1S/C8H11Cl3O2/c1-3-6(4-13-5(2)12)7(9)8(10)11/h6H,3-4H2,1-2H3. The van der Waals surface area contributed by atoms with Crippen molar-refractivity contribution in [3.05, 3.63) is 9.52 Å². The van der Waals surface area contributed by atoms with Crippen LogP contribution in [-0.2, 0) is 9.53 Å². The first kappa shape index (κ1) is 13.1. The predicted molar refractivity (Wildman–Crippen MR) is 55.0 cm³/mol. The van der Waals surface area contributed by atoms with Crippen LogP contribution in [0, 0.1) is 5.92 Å². The summed E-state index contributed by atoms with van der Waals surface area (Å²) < 4.78 is 4.82. The summed E-state index contributed by atoms with van der Waals surface area (Å²) in [6.07, 6.45) is 0.717. The number of hydrogen-bond donors (Lipinski definition) is 0. The number of esters is 1. The first-order valence-electron chi connectivity index (χ1n) is 3.83. The van der Waals surface area contributed by atoms with Crippen LogP contribution in [0.3, 0.4) is 0 Å². The van der Waals surface area contributed by atoms with Crippen molar-refractivity contribution in [2.45, 2.75) is 20.3 Å². The molecule has 0 saturated carbocycles. The second kappa shape index (κ2) is 6.52. The van der Waals surface area contributed by atoms with Crippen LogP contribution >= 0.6 is 34.8 Å². The summed E-state index contributed by atoms with van der Waals surface area (Å²) in [5, 5.41) is 0.340. The Hall–Kier alpha value is 0.0800.